The molecule has 0 atom stereocenters. The SMILES string of the molecule is Cc1cnc(N)nc1Nc1ccc(N2CCOCC2)cc1. The molecule has 21 heavy (non-hydrogen) atoms. The molecular weight excluding hydrogens is 266 g/mol. The molecular formula is C15H19N5O. The van der Waals surface area contributed by atoms with Crippen LogP contribution in [0.5, 0.6) is 0 Å². The molecule has 0 radical (unpaired) electrons. The van der Waals surface area contributed by atoms with Crippen LogP contribution in [0.1, 0.15) is 5.56 Å². The van der Waals surface area contributed by atoms with Crippen molar-refractivity contribution in [2.45, 2.75) is 6.92 Å². The summed E-state index contributed by atoms with van der Waals surface area (Å²) in [5.41, 5.74) is 8.77. The number of benzene rings is 1. The summed E-state index contributed by atoms with van der Waals surface area (Å²) < 4.78 is 5.37. The van der Waals surface area contributed by atoms with Crippen LogP contribution in [0.2, 0.25) is 0 Å². The zero-order valence-electron chi connectivity index (χ0n) is 12.0. The molecule has 0 unspecified atom stereocenters. The normalized spacial score (nSPS) is 15.0. The second-order valence-electron chi connectivity index (χ2n) is 5.03. The highest BCUT2D eigenvalue weighted by Crippen LogP contribution is 2.22. The Morgan fingerprint density at radius 3 is 2.62 bits per heavy atom. The van der Waals surface area contributed by atoms with Gasteiger partial charge in [0.25, 0.3) is 0 Å². The number of nitrogens with zero attached hydrogens (tertiary/aromatic N) is 3. The van der Waals surface area contributed by atoms with Crippen LogP contribution < -0.4 is 16.0 Å². The molecule has 1 aliphatic rings. The number of anilines is 4. The Balaban J connectivity index is 1.73. The lowest BCUT2D eigenvalue weighted by atomic mass is 10.2. The average Bonchev–Trinajstić information content (AvgIpc) is 2.53. The largest absolute Gasteiger partial charge is 0.378 e. The molecule has 1 fully saturated rings. The lowest BCUT2D eigenvalue weighted by molar-refractivity contribution is 0.122. The molecule has 3 N–H and O–H groups in total. The molecule has 2 heterocycles. The Bertz CT molecular complexity index is 608. The first-order valence-electron chi connectivity index (χ1n) is 7.01. The molecule has 1 saturated heterocycles. The molecule has 0 saturated carbocycles. The predicted octanol–water partition coefficient (Wildman–Crippen LogP) is 1.95. The van der Waals surface area contributed by atoms with Gasteiger partial charge in [-0.25, -0.2) is 4.98 Å². The number of hydrogen-bond donors (Lipinski definition) is 2. The van der Waals surface area contributed by atoms with Crippen molar-refractivity contribution in [3.63, 3.8) is 0 Å². The fraction of sp³-hybridized carbons (Fsp3) is 0.333. The zero-order chi connectivity index (χ0) is 14.7. The predicted molar refractivity (Wildman–Crippen MR) is 83.9 cm³/mol. The standard InChI is InChI=1S/C15H19N5O/c1-11-10-17-15(16)19-14(11)18-12-2-4-13(5-3-12)20-6-8-21-9-7-20/h2-5,10H,6-9H2,1H3,(H3,16,17,18,19). The summed E-state index contributed by atoms with van der Waals surface area (Å²) >= 11 is 0. The minimum absolute atomic E-state index is 0.271. The van der Waals surface area contributed by atoms with E-state index in [0.717, 1.165) is 43.4 Å². The molecule has 0 spiro atoms. The van der Waals surface area contributed by atoms with Gasteiger partial charge in [-0.3, -0.25) is 0 Å². The fourth-order valence-corrected chi connectivity index (χ4v) is 2.30. The van der Waals surface area contributed by atoms with Gasteiger partial charge < -0.3 is 20.7 Å². The van der Waals surface area contributed by atoms with Gasteiger partial charge in [0.15, 0.2) is 0 Å². The summed E-state index contributed by atoms with van der Waals surface area (Å²) in [6, 6.07) is 8.30. The maximum absolute atomic E-state index is 5.62. The number of aryl methyl sites for hydroxylation is 1. The maximum atomic E-state index is 5.62. The van der Waals surface area contributed by atoms with Gasteiger partial charge in [-0.05, 0) is 31.2 Å². The third-order valence-corrected chi connectivity index (χ3v) is 3.50. The summed E-state index contributed by atoms with van der Waals surface area (Å²) in [7, 11) is 0. The van der Waals surface area contributed by atoms with E-state index in [1.807, 2.05) is 19.1 Å². The lowest BCUT2D eigenvalue weighted by Crippen LogP contribution is -2.36. The topological polar surface area (TPSA) is 76.3 Å². The first kappa shape index (κ1) is 13.6. The highest BCUT2D eigenvalue weighted by atomic mass is 16.5. The smallest absolute Gasteiger partial charge is 0.221 e. The van der Waals surface area contributed by atoms with Crippen LogP contribution in [0.25, 0.3) is 0 Å². The molecule has 1 aromatic carbocycles. The minimum atomic E-state index is 0.271. The second-order valence-corrected chi connectivity index (χ2v) is 5.03. The minimum Gasteiger partial charge on any atom is -0.378 e. The Hall–Kier alpha value is -2.34. The van der Waals surface area contributed by atoms with Crippen molar-refractivity contribution >= 4 is 23.1 Å². The van der Waals surface area contributed by atoms with E-state index in [9.17, 15) is 0 Å². The zero-order valence-corrected chi connectivity index (χ0v) is 12.0. The average molecular weight is 285 g/mol. The van der Waals surface area contributed by atoms with E-state index in [2.05, 4.69) is 32.3 Å². The van der Waals surface area contributed by atoms with Crippen LogP contribution in [-0.2, 0) is 4.74 Å². The van der Waals surface area contributed by atoms with E-state index in [4.69, 9.17) is 10.5 Å². The molecule has 110 valence electrons. The quantitative estimate of drug-likeness (QED) is 0.897. The summed E-state index contributed by atoms with van der Waals surface area (Å²) in [4.78, 5) is 10.5. The first-order chi connectivity index (χ1) is 10.2. The van der Waals surface area contributed by atoms with E-state index in [1.165, 1.54) is 5.69 Å². The molecule has 0 aliphatic carbocycles. The van der Waals surface area contributed by atoms with Crippen molar-refractivity contribution in [3.05, 3.63) is 36.0 Å². The number of morpholine rings is 1. The van der Waals surface area contributed by atoms with E-state index in [-0.39, 0.29) is 5.95 Å². The monoisotopic (exact) mass is 285 g/mol. The second kappa shape index (κ2) is 5.97. The third-order valence-electron chi connectivity index (χ3n) is 3.50. The van der Waals surface area contributed by atoms with E-state index in [0.29, 0.717) is 0 Å². The third kappa shape index (κ3) is 3.22. The van der Waals surface area contributed by atoms with Crippen LogP contribution in [0.15, 0.2) is 30.5 Å². The summed E-state index contributed by atoms with van der Waals surface area (Å²) in [5, 5.41) is 3.27. The number of aromatic nitrogens is 2. The molecule has 3 rings (SSSR count). The number of rotatable bonds is 3. The number of nitrogens with two attached hydrogens (primary N) is 1. The van der Waals surface area contributed by atoms with Crippen LogP contribution in [-0.4, -0.2) is 36.3 Å². The van der Waals surface area contributed by atoms with Gasteiger partial charge in [0.1, 0.15) is 5.82 Å². The van der Waals surface area contributed by atoms with Crippen molar-refractivity contribution in [2.75, 3.05) is 42.3 Å². The van der Waals surface area contributed by atoms with Gasteiger partial charge >= 0.3 is 0 Å². The van der Waals surface area contributed by atoms with Crippen molar-refractivity contribution < 1.29 is 4.74 Å². The van der Waals surface area contributed by atoms with Gasteiger partial charge in [0, 0.05) is 36.2 Å². The van der Waals surface area contributed by atoms with Crippen molar-refractivity contribution in [1.29, 1.82) is 0 Å². The molecule has 6 nitrogen and oxygen atoms in total. The fourth-order valence-electron chi connectivity index (χ4n) is 2.30. The highest BCUT2D eigenvalue weighted by molar-refractivity contribution is 5.63. The van der Waals surface area contributed by atoms with Crippen LogP contribution in [0, 0.1) is 6.92 Å². The van der Waals surface area contributed by atoms with Gasteiger partial charge in [-0.15, -0.1) is 0 Å². The van der Waals surface area contributed by atoms with Gasteiger partial charge in [-0.2, -0.15) is 4.98 Å². The lowest BCUT2D eigenvalue weighted by Gasteiger charge is -2.28. The molecule has 6 heteroatoms. The summed E-state index contributed by atoms with van der Waals surface area (Å²) in [5.74, 6) is 1.01. The first-order valence-corrected chi connectivity index (χ1v) is 7.01. The van der Waals surface area contributed by atoms with Gasteiger partial charge in [0.2, 0.25) is 5.95 Å². The maximum Gasteiger partial charge on any atom is 0.221 e. The number of nitrogen functional groups attached to an aromatic ring is 1. The summed E-state index contributed by atoms with van der Waals surface area (Å²) in [6.45, 7) is 5.41. The Labute approximate surface area is 124 Å². The van der Waals surface area contributed by atoms with Crippen molar-refractivity contribution in [3.8, 4) is 0 Å². The van der Waals surface area contributed by atoms with E-state index < -0.39 is 0 Å². The van der Waals surface area contributed by atoms with Crippen molar-refractivity contribution in [2.24, 2.45) is 0 Å². The summed E-state index contributed by atoms with van der Waals surface area (Å²) in [6.07, 6.45) is 1.72. The molecule has 2 aromatic rings. The molecule has 0 amide bonds. The van der Waals surface area contributed by atoms with Crippen molar-refractivity contribution in [1.82, 2.24) is 9.97 Å². The Morgan fingerprint density at radius 2 is 1.90 bits per heavy atom. The molecule has 1 aliphatic heterocycles. The van der Waals surface area contributed by atoms with Gasteiger partial charge in [-0.1, -0.05) is 0 Å². The molecule has 0 bridgehead atoms. The van der Waals surface area contributed by atoms with Crippen LogP contribution in [0.3, 0.4) is 0 Å². The number of hydrogen-bond acceptors (Lipinski definition) is 6. The molecule has 1 aromatic heterocycles. The van der Waals surface area contributed by atoms with Crippen LogP contribution in [0.4, 0.5) is 23.1 Å². The van der Waals surface area contributed by atoms with Gasteiger partial charge in [0.05, 0.1) is 13.2 Å². The Morgan fingerprint density at radius 1 is 1.19 bits per heavy atom. The highest BCUT2D eigenvalue weighted by Gasteiger charge is 2.11. The van der Waals surface area contributed by atoms with E-state index in [1.54, 1.807) is 6.20 Å². The number of ether oxygens (including phenoxy) is 1. The Kier molecular flexibility index (Phi) is 3.87. The van der Waals surface area contributed by atoms with Crippen LogP contribution >= 0.6 is 0 Å². The van der Waals surface area contributed by atoms with E-state index >= 15 is 0 Å². The number of nitrogens with one attached hydrogen (secondary N) is 1.